The molecule has 1 heterocycles. The maximum atomic E-state index is 5.65. The second kappa shape index (κ2) is 8.51. The van der Waals surface area contributed by atoms with Crippen LogP contribution in [0.5, 0.6) is 5.75 Å². The van der Waals surface area contributed by atoms with E-state index in [9.17, 15) is 0 Å². The van der Waals surface area contributed by atoms with Gasteiger partial charge >= 0.3 is 0 Å². The summed E-state index contributed by atoms with van der Waals surface area (Å²) in [6.45, 7) is 2.71. The lowest BCUT2D eigenvalue weighted by Gasteiger charge is -2.45. The molecule has 0 N–H and O–H groups in total. The predicted molar refractivity (Wildman–Crippen MR) is 126 cm³/mol. The highest BCUT2D eigenvalue weighted by Crippen LogP contribution is 2.41. The Bertz CT molecular complexity index is 1030. The minimum atomic E-state index is 0.342. The molecule has 0 bridgehead atoms. The highest BCUT2D eigenvalue weighted by atomic mass is 16.5. The normalized spacial score (nSPS) is 21.0. The third-order valence-corrected chi connectivity index (χ3v) is 6.46. The molecule has 5 rings (SSSR count). The SMILES string of the molecule is CCOc1ccc(N2C(=NC3CCCCC3)CC2c2ccc3ccccc3c2)cc1. The molecule has 3 heteroatoms. The third kappa shape index (κ3) is 3.81. The number of amidine groups is 1. The number of rotatable bonds is 5. The molecule has 0 aromatic heterocycles. The Hall–Kier alpha value is -2.81. The van der Waals surface area contributed by atoms with Gasteiger partial charge in [0, 0.05) is 12.1 Å². The van der Waals surface area contributed by atoms with E-state index in [0.717, 1.165) is 12.2 Å². The fourth-order valence-electron chi connectivity index (χ4n) is 4.85. The summed E-state index contributed by atoms with van der Waals surface area (Å²) in [5, 5.41) is 2.60. The molecular weight excluding hydrogens is 368 g/mol. The van der Waals surface area contributed by atoms with Crippen LogP contribution in [0.4, 0.5) is 5.69 Å². The number of fused-ring (bicyclic) bond motifs is 1. The second-order valence-electron chi connectivity index (χ2n) is 8.46. The molecule has 1 aliphatic carbocycles. The van der Waals surface area contributed by atoms with Crippen LogP contribution in [0.15, 0.2) is 71.7 Å². The molecule has 3 nitrogen and oxygen atoms in total. The monoisotopic (exact) mass is 398 g/mol. The minimum Gasteiger partial charge on any atom is -0.494 e. The van der Waals surface area contributed by atoms with E-state index < -0.39 is 0 Å². The van der Waals surface area contributed by atoms with Crippen molar-refractivity contribution in [3.63, 3.8) is 0 Å². The molecule has 0 amide bonds. The van der Waals surface area contributed by atoms with Gasteiger partial charge in [-0.15, -0.1) is 0 Å². The Morgan fingerprint density at radius 1 is 0.900 bits per heavy atom. The number of nitrogens with zero attached hydrogens (tertiary/aromatic N) is 2. The Labute approximate surface area is 179 Å². The van der Waals surface area contributed by atoms with Crippen molar-refractivity contribution in [2.45, 2.75) is 57.5 Å². The smallest absolute Gasteiger partial charge is 0.119 e. The summed E-state index contributed by atoms with van der Waals surface area (Å²) in [6.07, 6.45) is 7.49. The van der Waals surface area contributed by atoms with E-state index in [-0.39, 0.29) is 0 Å². The number of hydrogen-bond acceptors (Lipinski definition) is 2. The van der Waals surface area contributed by atoms with Gasteiger partial charge in [-0.25, -0.2) is 0 Å². The molecule has 154 valence electrons. The van der Waals surface area contributed by atoms with Gasteiger partial charge in [0.05, 0.1) is 18.7 Å². The van der Waals surface area contributed by atoms with Gasteiger partial charge in [0.15, 0.2) is 0 Å². The van der Waals surface area contributed by atoms with E-state index >= 15 is 0 Å². The lowest BCUT2D eigenvalue weighted by molar-refractivity contribution is 0.340. The van der Waals surface area contributed by atoms with Crippen molar-refractivity contribution in [3.8, 4) is 5.75 Å². The summed E-state index contributed by atoms with van der Waals surface area (Å²) in [5.74, 6) is 2.17. The van der Waals surface area contributed by atoms with Gasteiger partial charge in [0.2, 0.25) is 0 Å². The van der Waals surface area contributed by atoms with Crippen molar-refractivity contribution in [2.75, 3.05) is 11.5 Å². The van der Waals surface area contributed by atoms with Crippen molar-refractivity contribution < 1.29 is 4.74 Å². The van der Waals surface area contributed by atoms with Gasteiger partial charge in [0.1, 0.15) is 11.6 Å². The highest BCUT2D eigenvalue weighted by Gasteiger charge is 2.37. The summed E-state index contributed by atoms with van der Waals surface area (Å²) >= 11 is 0. The van der Waals surface area contributed by atoms with Crippen LogP contribution in [0.3, 0.4) is 0 Å². The quantitative estimate of drug-likeness (QED) is 0.466. The summed E-state index contributed by atoms with van der Waals surface area (Å²) in [7, 11) is 0. The molecule has 1 saturated heterocycles. The number of ether oxygens (including phenoxy) is 1. The first-order chi connectivity index (χ1) is 14.8. The summed E-state index contributed by atoms with van der Waals surface area (Å²) in [6, 6.07) is 24.8. The van der Waals surface area contributed by atoms with Crippen LogP contribution in [0.2, 0.25) is 0 Å². The number of benzene rings is 3. The third-order valence-electron chi connectivity index (χ3n) is 6.46. The van der Waals surface area contributed by atoms with Crippen LogP contribution in [0, 0.1) is 0 Å². The van der Waals surface area contributed by atoms with Gasteiger partial charge in [-0.05, 0) is 66.4 Å². The lowest BCUT2D eigenvalue weighted by atomic mass is 9.90. The van der Waals surface area contributed by atoms with Crippen LogP contribution in [0.25, 0.3) is 10.8 Å². The fourth-order valence-corrected chi connectivity index (χ4v) is 4.85. The van der Waals surface area contributed by atoms with E-state index in [4.69, 9.17) is 9.73 Å². The summed E-state index contributed by atoms with van der Waals surface area (Å²) < 4.78 is 5.65. The highest BCUT2D eigenvalue weighted by molar-refractivity contribution is 6.05. The molecule has 1 unspecified atom stereocenters. The molecule has 2 aliphatic rings. The molecule has 0 spiro atoms. The molecule has 1 aliphatic heterocycles. The molecule has 0 radical (unpaired) electrons. The van der Waals surface area contributed by atoms with Crippen LogP contribution in [-0.4, -0.2) is 18.5 Å². The van der Waals surface area contributed by atoms with Gasteiger partial charge in [-0.1, -0.05) is 55.7 Å². The van der Waals surface area contributed by atoms with Crippen molar-refractivity contribution >= 4 is 22.3 Å². The number of hydrogen-bond donors (Lipinski definition) is 0. The predicted octanol–water partition coefficient (Wildman–Crippen LogP) is 6.92. The zero-order chi connectivity index (χ0) is 20.3. The van der Waals surface area contributed by atoms with E-state index in [0.29, 0.717) is 18.7 Å². The molecule has 2 fully saturated rings. The van der Waals surface area contributed by atoms with Crippen LogP contribution >= 0.6 is 0 Å². The average molecular weight is 399 g/mol. The van der Waals surface area contributed by atoms with Gasteiger partial charge < -0.3 is 9.64 Å². The van der Waals surface area contributed by atoms with E-state index in [2.05, 4.69) is 71.6 Å². The van der Waals surface area contributed by atoms with E-state index in [1.165, 1.54) is 60.0 Å². The number of aliphatic imine (C=N–C) groups is 1. The Morgan fingerprint density at radius 2 is 1.67 bits per heavy atom. The topological polar surface area (TPSA) is 24.8 Å². The lowest BCUT2D eigenvalue weighted by Crippen LogP contribution is -2.47. The van der Waals surface area contributed by atoms with Gasteiger partial charge in [-0.3, -0.25) is 4.99 Å². The first-order valence-electron chi connectivity index (χ1n) is 11.4. The molecule has 3 aromatic rings. The zero-order valence-corrected chi connectivity index (χ0v) is 17.8. The van der Waals surface area contributed by atoms with Crippen molar-refractivity contribution in [2.24, 2.45) is 4.99 Å². The Balaban J connectivity index is 1.47. The molecule has 1 saturated carbocycles. The maximum absolute atomic E-state index is 5.65. The summed E-state index contributed by atoms with van der Waals surface area (Å²) in [5.41, 5.74) is 2.57. The average Bonchev–Trinajstić information content (AvgIpc) is 2.78. The van der Waals surface area contributed by atoms with E-state index in [1.54, 1.807) is 0 Å². The summed E-state index contributed by atoms with van der Waals surface area (Å²) in [4.78, 5) is 7.65. The van der Waals surface area contributed by atoms with E-state index in [1.807, 2.05) is 6.92 Å². The first kappa shape index (κ1) is 19.2. The van der Waals surface area contributed by atoms with Gasteiger partial charge in [0.25, 0.3) is 0 Å². The second-order valence-corrected chi connectivity index (χ2v) is 8.46. The maximum Gasteiger partial charge on any atom is 0.119 e. The largest absolute Gasteiger partial charge is 0.494 e. The standard InChI is InChI=1S/C27H30N2O/c1-2-30-25-16-14-24(15-17-25)29-26(19-27(29)28-23-10-4-3-5-11-23)22-13-12-20-8-6-7-9-21(20)18-22/h6-9,12-18,23,26H,2-5,10-11,19H2,1H3. The van der Waals surface area contributed by atoms with Gasteiger partial charge in [-0.2, -0.15) is 0 Å². The minimum absolute atomic E-state index is 0.342. The molecule has 3 aromatic carbocycles. The van der Waals surface area contributed by atoms with Crippen molar-refractivity contribution in [1.29, 1.82) is 0 Å². The van der Waals surface area contributed by atoms with Crippen LogP contribution in [-0.2, 0) is 0 Å². The Morgan fingerprint density at radius 3 is 2.43 bits per heavy atom. The van der Waals surface area contributed by atoms with Crippen LogP contribution in [0.1, 0.15) is 57.1 Å². The zero-order valence-electron chi connectivity index (χ0n) is 17.8. The fraction of sp³-hybridized carbons (Fsp3) is 0.370. The van der Waals surface area contributed by atoms with Crippen molar-refractivity contribution in [1.82, 2.24) is 0 Å². The van der Waals surface area contributed by atoms with Crippen molar-refractivity contribution in [3.05, 3.63) is 72.3 Å². The first-order valence-corrected chi connectivity index (χ1v) is 11.4. The van der Waals surface area contributed by atoms with Crippen LogP contribution < -0.4 is 9.64 Å². The molecular formula is C27H30N2O. The molecule has 30 heavy (non-hydrogen) atoms. The Kier molecular flexibility index (Phi) is 5.44. The molecule has 1 atom stereocenters. The number of anilines is 1.